The minimum atomic E-state index is -0.103. The lowest BCUT2D eigenvalue weighted by Crippen LogP contribution is -2.21. The van der Waals surface area contributed by atoms with E-state index in [-0.39, 0.29) is 23.0 Å². The van der Waals surface area contributed by atoms with Crippen LogP contribution in [0.1, 0.15) is 80.7 Å². The molecule has 2 aromatic carbocycles. The highest BCUT2D eigenvalue weighted by molar-refractivity contribution is 5.94. The van der Waals surface area contributed by atoms with Crippen molar-refractivity contribution in [2.75, 3.05) is 11.9 Å². The summed E-state index contributed by atoms with van der Waals surface area (Å²) in [6.45, 7) is 14.8. The van der Waals surface area contributed by atoms with Gasteiger partial charge in [-0.05, 0) is 41.9 Å². The number of carbonyl (C=O) groups excluding carboxylic acids is 1. The minimum Gasteiger partial charge on any atom is -0.504 e. The van der Waals surface area contributed by atoms with Gasteiger partial charge in [-0.3, -0.25) is 4.79 Å². The number of hydrogen-bond acceptors (Lipinski definition) is 3. The van der Waals surface area contributed by atoms with Crippen LogP contribution in [0.3, 0.4) is 0 Å². The number of benzene rings is 2. The predicted molar refractivity (Wildman–Crippen MR) is 118 cm³/mol. The van der Waals surface area contributed by atoms with E-state index in [1.54, 1.807) is 0 Å². The normalized spacial score (nSPS) is 15.9. The maximum atomic E-state index is 12.6. The van der Waals surface area contributed by atoms with Crippen LogP contribution < -0.4 is 10.1 Å². The molecule has 1 aliphatic heterocycles. The van der Waals surface area contributed by atoms with E-state index in [0.717, 1.165) is 16.7 Å². The molecule has 0 aliphatic carbocycles. The third kappa shape index (κ3) is 4.26. The highest BCUT2D eigenvalue weighted by atomic mass is 16.5. The zero-order chi connectivity index (χ0) is 21.5. The van der Waals surface area contributed by atoms with Gasteiger partial charge >= 0.3 is 0 Å². The number of phenols is 1. The number of anilines is 1. The van der Waals surface area contributed by atoms with Crippen molar-refractivity contribution in [3.05, 3.63) is 52.1 Å². The Morgan fingerprint density at radius 2 is 1.79 bits per heavy atom. The molecule has 4 nitrogen and oxygen atoms in total. The smallest absolute Gasteiger partial charge is 0.224 e. The molecule has 0 spiro atoms. The number of hydrogen-bond donors (Lipinski definition) is 2. The zero-order valence-electron chi connectivity index (χ0n) is 18.6. The minimum absolute atomic E-state index is 0.0379. The summed E-state index contributed by atoms with van der Waals surface area (Å²) in [5.74, 6) is 1.15. The zero-order valence-corrected chi connectivity index (χ0v) is 18.6. The van der Waals surface area contributed by atoms with Gasteiger partial charge in [-0.2, -0.15) is 0 Å². The first kappa shape index (κ1) is 21.2. The van der Waals surface area contributed by atoms with Gasteiger partial charge in [0.15, 0.2) is 11.5 Å². The summed E-state index contributed by atoms with van der Waals surface area (Å²) in [5, 5.41) is 13.8. The van der Waals surface area contributed by atoms with Gasteiger partial charge in [-0.15, -0.1) is 0 Å². The van der Waals surface area contributed by atoms with E-state index in [4.69, 9.17) is 4.74 Å². The molecule has 29 heavy (non-hydrogen) atoms. The summed E-state index contributed by atoms with van der Waals surface area (Å²) in [7, 11) is 0. The molecule has 0 radical (unpaired) electrons. The molecule has 4 heteroatoms. The van der Waals surface area contributed by atoms with E-state index in [2.05, 4.69) is 43.4 Å². The van der Waals surface area contributed by atoms with Crippen LogP contribution in [0.15, 0.2) is 24.3 Å². The van der Waals surface area contributed by atoms with Gasteiger partial charge in [0.1, 0.15) is 0 Å². The molecule has 0 unspecified atom stereocenters. The van der Waals surface area contributed by atoms with Crippen molar-refractivity contribution < 1.29 is 14.6 Å². The molecule has 3 rings (SSSR count). The Kier molecular flexibility index (Phi) is 5.66. The van der Waals surface area contributed by atoms with Crippen LogP contribution in [-0.2, 0) is 4.79 Å². The molecular weight excluding hydrogens is 362 g/mol. The monoisotopic (exact) mass is 395 g/mol. The summed E-state index contributed by atoms with van der Waals surface area (Å²) in [6, 6.07) is 8.61. The molecule has 1 aliphatic rings. The lowest BCUT2D eigenvalue weighted by molar-refractivity contribution is -0.117. The van der Waals surface area contributed by atoms with Crippen LogP contribution in [0, 0.1) is 19.3 Å². The van der Waals surface area contributed by atoms with Crippen LogP contribution in [-0.4, -0.2) is 17.6 Å². The third-order valence-electron chi connectivity index (χ3n) is 5.67. The average molecular weight is 396 g/mol. The Hall–Kier alpha value is -2.49. The molecule has 0 fully saturated rings. The first-order valence-electron chi connectivity index (χ1n) is 10.4. The lowest BCUT2D eigenvalue weighted by atomic mass is 9.86. The highest BCUT2D eigenvalue weighted by Crippen LogP contribution is 2.50. The van der Waals surface area contributed by atoms with E-state index in [9.17, 15) is 9.90 Å². The number of amides is 1. The van der Waals surface area contributed by atoms with Gasteiger partial charge in [-0.25, -0.2) is 0 Å². The van der Waals surface area contributed by atoms with E-state index in [1.807, 2.05) is 34.6 Å². The summed E-state index contributed by atoms with van der Waals surface area (Å²) in [5.41, 5.74) is 5.64. The summed E-state index contributed by atoms with van der Waals surface area (Å²) in [4.78, 5) is 12.6. The van der Waals surface area contributed by atoms with Crippen LogP contribution in [0.25, 0.3) is 0 Å². The van der Waals surface area contributed by atoms with Crippen LogP contribution >= 0.6 is 0 Å². The number of aromatic hydroxyl groups is 1. The fraction of sp³-hybridized carbons (Fsp3) is 0.480. The van der Waals surface area contributed by atoms with E-state index in [1.165, 1.54) is 5.56 Å². The van der Waals surface area contributed by atoms with Crippen molar-refractivity contribution in [2.45, 2.75) is 66.7 Å². The first-order valence-corrected chi connectivity index (χ1v) is 10.4. The number of fused-ring (bicyclic) bond motifs is 1. The molecule has 0 aromatic heterocycles. The SMILES string of the molecule is Cc1c(O)c2c(c(C)c1NC(=O)CC(C)(C)C)[C@@H](c1ccc(C(C)C)cc1)CO2. The number of ether oxygens (including phenoxy) is 1. The lowest BCUT2D eigenvalue weighted by Gasteiger charge is -2.21. The Balaban J connectivity index is 2.00. The molecule has 0 saturated heterocycles. The van der Waals surface area contributed by atoms with Crippen LogP contribution in [0.2, 0.25) is 0 Å². The Bertz CT molecular complexity index is 921. The topological polar surface area (TPSA) is 58.6 Å². The fourth-order valence-corrected chi connectivity index (χ4v) is 4.05. The van der Waals surface area contributed by atoms with Gasteiger partial charge in [0, 0.05) is 23.5 Å². The summed E-state index contributed by atoms with van der Waals surface area (Å²) >= 11 is 0. The van der Waals surface area contributed by atoms with Crippen molar-refractivity contribution >= 4 is 11.6 Å². The Morgan fingerprint density at radius 1 is 1.17 bits per heavy atom. The fourth-order valence-electron chi connectivity index (χ4n) is 4.05. The van der Waals surface area contributed by atoms with Crippen molar-refractivity contribution in [3.63, 3.8) is 0 Å². The second-order valence-corrected chi connectivity index (χ2v) is 9.69. The van der Waals surface area contributed by atoms with E-state index < -0.39 is 0 Å². The van der Waals surface area contributed by atoms with Crippen molar-refractivity contribution in [1.82, 2.24) is 0 Å². The van der Waals surface area contributed by atoms with Gasteiger partial charge in [0.25, 0.3) is 0 Å². The molecule has 1 heterocycles. The maximum Gasteiger partial charge on any atom is 0.224 e. The summed E-state index contributed by atoms with van der Waals surface area (Å²) < 4.78 is 5.91. The van der Waals surface area contributed by atoms with Gasteiger partial charge in [0.05, 0.1) is 12.3 Å². The predicted octanol–water partition coefficient (Wildman–Crippen LogP) is 6.03. The third-order valence-corrected chi connectivity index (χ3v) is 5.67. The van der Waals surface area contributed by atoms with Crippen molar-refractivity contribution in [3.8, 4) is 11.5 Å². The average Bonchev–Trinajstić information content (AvgIpc) is 3.07. The Labute approximate surface area is 174 Å². The van der Waals surface area contributed by atoms with Gasteiger partial charge < -0.3 is 15.2 Å². The Morgan fingerprint density at radius 3 is 2.34 bits per heavy atom. The van der Waals surface area contributed by atoms with E-state index >= 15 is 0 Å². The number of rotatable bonds is 4. The van der Waals surface area contributed by atoms with Crippen LogP contribution in [0.4, 0.5) is 5.69 Å². The molecule has 0 saturated carbocycles. The molecule has 2 aromatic rings. The van der Waals surface area contributed by atoms with Gasteiger partial charge in [-0.1, -0.05) is 58.9 Å². The van der Waals surface area contributed by atoms with Crippen molar-refractivity contribution in [2.24, 2.45) is 5.41 Å². The number of nitrogens with one attached hydrogen (secondary N) is 1. The second kappa shape index (κ2) is 7.74. The molecular formula is C25H33NO3. The van der Waals surface area contributed by atoms with Crippen LogP contribution in [0.5, 0.6) is 11.5 Å². The second-order valence-electron chi connectivity index (χ2n) is 9.69. The molecule has 1 amide bonds. The summed E-state index contributed by atoms with van der Waals surface area (Å²) in [6.07, 6.45) is 0.417. The first-order chi connectivity index (χ1) is 13.5. The maximum absolute atomic E-state index is 12.6. The molecule has 1 atom stereocenters. The molecule has 2 N–H and O–H groups in total. The molecule has 0 bridgehead atoms. The quantitative estimate of drug-likeness (QED) is 0.664. The molecule has 156 valence electrons. The number of carbonyl (C=O) groups is 1. The standard InChI is InChI=1S/C25H33NO3/c1-14(2)17-8-10-18(11-9-17)19-13-29-24-21(19)15(3)22(16(4)23(24)28)26-20(27)12-25(5,6)7/h8-11,14,19,28H,12-13H2,1-7H3,(H,26,27)/t19-/m1/s1. The largest absolute Gasteiger partial charge is 0.504 e. The van der Waals surface area contributed by atoms with Crippen molar-refractivity contribution in [1.29, 1.82) is 0 Å². The number of phenolic OH excluding ortho intramolecular Hbond substituents is 1. The van der Waals surface area contributed by atoms with E-state index in [0.29, 0.717) is 35.9 Å². The van der Waals surface area contributed by atoms with Gasteiger partial charge in [0.2, 0.25) is 5.91 Å². The highest BCUT2D eigenvalue weighted by Gasteiger charge is 2.33.